The molecule has 2 aliphatic rings. The Kier molecular flexibility index (Phi) is 7.54. The van der Waals surface area contributed by atoms with Gasteiger partial charge in [-0.05, 0) is 37.9 Å². The van der Waals surface area contributed by atoms with Gasteiger partial charge in [-0.15, -0.1) is 19.7 Å². The van der Waals surface area contributed by atoms with Gasteiger partial charge in [0.05, 0.1) is 30.5 Å². The van der Waals surface area contributed by atoms with Gasteiger partial charge in [0.15, 0.2) is 8.32 Å². The standard InChI is InChI=1S/C23H40O4Si/c1-10-15-24-20-16-21-23(7,26-18(20)12-3)14-13-19(17(11-2)25-21)27-28(8,9)22(4,5)6/h10-12,17-21H,1-3,13-16H2,4-9H3/t17-,18+,19+,20-,21+,23-/m1/s1. The minimum absolute atomic E-state index is 0.000795. The summed E-state index contributed by atoms with van der Waals surface area (Å²) in [7, 11) is -1.92. The molecule has 0 saturated carbocycles. The van der Waals surface area contributed by atoms with E-state index in [2.05, 4.69) is 60.5 Å². The molecule has 0 spiro atoms. The van der Waals surface area contributed by atoms with Crippen molar-refractivity contribution in [2.45, 2.75) is 101 Å². The van der Waals surface area contributed by atoms with Gasteiger partial charge >= 0.3 is 0 Å². The van der Waals surface area contributed by atoms with Gasteiger partial charge < -0.3 is 18.6 Å². The summed E-state index contributed by atoms with van der Waals surface area (Å²) < 4.78 is 25.7. The van der Waals surface area contributed by atoms with E-state index >= 15 is 0 Å². The molecule has 2 fully saturated rings. The molecule has 28 heavy (non-hydrogen) atoms. The maximum absolute atomic E-state index is 6.75. The highest BCUT2D eigenvalue weighted by atomic mass is 28.4. The summed E-state index contributed by atoms with van der Waals surface area (Å²) in [6.45, 7) is 25.7. The van der Waals surface area contributed by atoms with Crippen LogP contribution in [0.4, 0.5) is 0 Å². The topological polar surface area (TPSA) is 36.9 Å². The summed E-state index contributed by atoms with van der Waals surface area (Å²) in [6.07, 6.45) is 7.56. The molecule has 2 saturated heterocycles. The fourth-order valence-electron chi connectivity index (χ4n) is 3.79. The van der Waals surface area contributed by atoms with Crippen LogP contribution in [0.3, 0.4) is 0 Å². The van der Waals surface area contributed by atoms with Crippen LogP contribution >= 0.6 is 0 Å². The second kappa shape index (κ2) is 8.96. The first-order valence-corrected chi connectivity index (χ1v) is 13.4. The maximum atomic E-state index is 6.75. The molecule has 0 N–H and O–H groups in total. The number of hydrogen-bond donors (Lipinski definition) is 0. The van der Waals surface area contributed by atoms with Crippen LogP contribution in [-0.4, -0.2) is 51.0 Å². The van der Waals surface area contributed by atoms with Crippen molar-refractivity contribution in [2.24, 2.45) is 0 Å². The number of fused-ring (bicyclic) bond motifs is 1. The Bertz CT molecular complexity index is 567. The molecule has 0 bridgehead atoms. The zero-order valence-electron chi connectivity index (χ0n) is 18.7. The monoisotopic (exact) mass is 408 g/mol. The maximum Gasteiger partial charge on any atom is 0.192 e. The van der Waals surface area contributed by atoms with Crippen LogP contribution in [0.25, 0.3) is 0 Å². The van der Waals surface area contributed by atoms with Crippen LogP contribution in [0.15, 0.2) is 38.0 Å². The molecule has 6 atom stereocenters. The van der Waals surface area contributed by atoms with E-state index in [0.29, 0.717) is 6.61 Å². The van der Waals surface area contributed by atoms with Crippen LogP contribution in [0, 0.1) is 0 Å². The number of rotatable bonds is 7. The first-order valence-electron chi connectivity index (χ1n) is 10.5. The van der Waals surface area contributed by atoms with Crippen LogP contribution in [0.1, 0.15) is 47.0 Å². The van der Waals surface area contributed by atoms with E-state index in [-0.39, 0.29) is 41.2 Å². The van der Waals surface area contributed by atoms with Crippen LogP contribution < -0.4 is 0 Å². The summed E-state index contributed by atoms with van der Waals surface area (Å²) in [6, 6.07) is 0. The molecule has 0 amide bonds. The molecular formula is C23H40O4Si. The zero-order valence-corrected chi connectivity index (χ0v) is 19.7. The fourth-order valence-corrected chi connectivity index (χ4v) is 5.15. The largest absolute Gasteiger partial charge is 0.411 e. The van der Waals surface area contributed by atoms with Gasteiger partial charge in [-0.2, -0.15) is 0 Å². The fraction of sp³-hybridized carbons (Fsp3) is 0.739. The van der Waals surface area contributed by atoms with Crippen molar-refractivity contribution < 1.29 is 18.6 Å². The van der Waals surface area contributed by atoms with Gasteiger partial charge in [0, 0.05) is 6.42 Å². The average molecular weight is 409 g/mol. The third-order valence-electron chi connectivity index (χ3n) is 6.66. The molecule has 0 radical (unpaired) electrons. The highest BCUT2D eigenvalue weighted by molar-refractivity contribution is 6.74. The third kappa shape index (κ3) is 5.06. The van der Waals surface area contributed by atoms with Crippen molar-refractivity contribution >= 4 is 8.32 Å². The van der Waals surface area contributed by atoms with Crippen LogP contribution in [0.2, 0.25) is 18.1 Å². The Morgan fingerprint density at radius 2 is 1.75 bits per heavy atom. The molecule has 0 aromatic heterocycles. The molecule has 0 aromatic rings. The van der Waals surface area contributed by atoms with Crippen molar-refractivity contribution in [3.8, 4) is 0 Å². The molecule has 5 heteroatoms. The minimum Gasteiger partial charge on any atom is -0.411 e. The van der Waals surface area contributed by atoms with Crippen LogP contribution in [-0.2, 0) is 18.6 Å². The van der Waals surface area contributed by atoms with Crippen molar-refractivity contribution in [3.63, 3.8) is 0 Å². The third-order valence-corrected chi connectivity index (χ3v) is 11.2. The van der Waals surface area contributed by atoms with Crippen LogP contribution in [0.5, 0.6) is 0 Å². The van der Waals surface area contributed by atoms with Gasteiger partial charge in [0.1, 0.15) is 12.2 Å². The number of ether oxygens (including phenoxy) is 3. The van der Waals surface area contributed by atoms with Crippen molar-refractivity contribution in [2.75, 3.05) is 6.61 Å². The predicted molar refractivity (Wildman–Crippen MR) is 118 cm³/mol. The second-order valence-corrected chi connectivity index (χ2v) is 14.6. The van der Waals surface area contributed by atoms with Crippen molar-refractivity contribution in [3.05, 3.63) is 38.0 Å². The lowest BCUT2D eigenvalue weighted by atomic mass is 9.85. The average Bonchev–Trinajstić information content (AvgIpc) is 2.74. The minimum atomic E-state index is -1.92. The summed E-state index contributed by atoms with van der Waals surface area (Å²) in [4.78, 5) is 0. The quantitative estimate of drug-likeness (QED) is 0.417. The summed E-state index contributed by atoms with van der Waals surface area (Å²) in [5.41, 5.74) is -0.389. The van der Waals surface area contributed by atoms with E-state index in [1.165, 1.54) is 0 Å². The Labute approximate surface area is 173 Å². The molecular weight excluding hydrogens is 368 g/mol. The zero-order chi connectivity index (χ0) is 21.2. The summed E-state index contributed by atoms with van der Waals surface area (Å²) >= 11 is 0. The van der Waals surface area contributed by atoms with E-state index in [1.54, 1.807) is 6.08 Å². The summed E-state index contributed by atoms with van der Waals surface area (Å²) in [5.74, 6) is 0. The number of hydrogen-bond acceptors (Lipinski definition) is 4. The molecule has 160 valence electrons. The molecule has 0 unspecified atom stereocenters. The first-order chi connectivity index (χ1) is 13.0. The molecule has 0 aliphatic carbocycles. The lowest BCUT2D eigenvalue weighted by Crippen LogP contribution is -2.55. The molecule has 2 heterocycles. The van der Waals surface area contributed by atoms with Gasteiger partial charge in [0.25, 0.3) is 0 Å². The van der Waals surface area contributed by atoms with Crippen molar-refractivity contribution in [1.29, 1.82) is 0 Å². The SMILES string of the molecule is C=CCO[C@@H]1C[C@@H]2O[C@H](C=C)[C@@H](O[Si](C)(C)C(C)(C)C)CC[C@@]2(C)O[C@H]1C=C. The summed E-state index contributed by atoms with van der Waals surface area (Å²) in [5, 5.41) is 0.149. The molecule has 2 rings (SSSR count). The Balaban J connectivity index is 2.22. The Morgan fingerprint density at radius 1 is 1.11 bits per heavy atom. The highest BCUT2D eigenvalue weighted by Gasteiger charge is 2.50. The predicted octanol–water partition coefficient (Wildman–Crippen LogP) is 5.42. The van der Waals surface area contributed by atoms with E-state index in [1.807, 2.05) is 12.2 Å². The Hall–Kier alpha value is -0.723. The molecule has 0 aromatic carbocycles. The first kappa shape index (κ1) is 23.6. The van der Waals surface area contributed by atoms with E-state index < -0.39 is 8.32 Å². The van der Waals surface area contributed by atoms with E-state index in [4.69, 9.17) is 18.6 Å². The lowest BCUT2D eigenvalue weighted by Gasteiger charge is -2.46. The van der Waals surface area contributed by atoms with E-state index in [0.717, 1.165) is 19.3 Å². The molecule has 4 nitrogen and oxygen atoms in total. The highest BCUT2D eigenvalue weighted by Crippen LogP contribution is 2.43. The van der Waals surface area contributed by atoms with Gasteiger partial charge in [-0.25, -0.2) is 0 Å². The van der Waals surface area contributed by atoms with Gasteiger partial charge in [-0.3, -0.25) is 0 Å². The van der Waals surface area contributed by atoms with Crippen molar-refractivity contribution in [1.82, 2.24) is 0 Å². The normalized spacial score (nSPS) is 36.9. The van der Waals surface area contributed by atoms with Gasteiger partial charge in [-0.1, -0.05) is 39.0 Å². The molecule has 2 aliphatic heterocycles. The van der Waals surface area contributed by atoms with E-state index in [9.17, 15) is 0 Å². The smallest absolute Gasteiger partial charge is 0.192 e. The second-order valence-electron chi connectivity index (χ2n) is 9.81. The lowest BCUT2D eigenvalue weighted by molar-refractivity contribution is -0.229. The van der Waals surface area contributed by atoms with Gasteiger partial charge in [0.2, 0.25) is 0 Å². The Morgan fingerprint density at radius 3 is 2.29 bits per heavy atom.